The quantitative estimate of drug-likeness (QED) is 0.0786. The predicted molar refractivity (Wildman–Crippen MR) is 235 cm³/mol. The van der Waals surface area contributed by atoms with Gasteiger partial charge in [-0.15, -0.1) is 0 Å². The molecule has 1 aliphatic heterocycles. The SMILES string of the molecule is Cc1cc(C)c(-c2cc(CN3CCN(Cc4cc(-c5oc(C)c(OC=O)c5C)cc(C(=O)O)n4)CCN(Cc4cc(-c5oc(C)c(C(=O)O)c5C)cc(C(=O)O)n4)CC3)nc(C(=O)O)c2)o1. The minimum absolute atomic E-state index is 0.00748. The topological polar surface area (TPSA) is 263 Å². The number of aromatic nitrogens is 3. The molecule has 0 bridgehead atoms. The molecule has 0 radical (unpaired) electrons. The van der Waals surface area contributed by atoms with Crippen molar-refractivity contribution in [3.8, 4) is 39.7 Å². The zero-order valence-electron chi connectivity index (χ0n) is 37.1. The van der Waals surface area contributed by atoms with E-state index in [0.717, 1.165) is 5.56 Å². The van der Waals surface area contributed by atoms with Crippen LogP contribution in [0.5, 0.6) is 5.75 Å². The van der Waals surface area contributed by atoms with Crippen LogP contribution in [-0.4, -0.2) is 120 Å². The first kappa shape index (κ1) is 46.5. The van der Waals surface area contributed by atoms with Crippen molar-refractivity contribution in [3.63, 3.8) is 0 Å². The molecule has 19 heteroatoms. The van der Waals surface area contributed by atoms with Crippen molar-refractivity contribution in [2.24, 2.45) is 0 Å². The molecule has 7 rings (SSSR count). The van der Waals surface area contributed by atoms with Gasteiger partial charge in [-0.25, -0.2) is 34.1 Å². The highest BCUT2D eigenvalue weighted by Crippen LogP contribution is 2.37. The van der Waals surface area contributed by atoms with E-state index in [1.54, 1.807) is 32.9 Å². The molecule has 1 saturated heterocycles. The Kier molecular flexibility index (Phi) is 13.6. The molecular weight excluding hydrogens is 857 g/mol. The van der Waals surface area contributed by atoms with E-state index in [9.17, 15) is 44.4 Å². The number of pyridine rings is 3. The number of nitrogens with zero attached hydrogens (tertiary/aromatic N) is 6. The largest absolute Gasteiger partial charge is 0.478 e. The molecule has 0 amide bonds. The highest BCUT2D eigenvalue weighted by Gasteiger charge is 2.26. The molecule has 66 heavy (non-hydrogen) atoms. The lowest BCUT2D eigenvalue weighted by molar-refractivity contribution is -0.120. The normalized spacial score (nSPS) is 14.1. The molecule has 1 fully saturated rings. The summed E-state index contributed by atoms with van der Waals surface area (Å²) in [5.41, 5.74) is 3.71. The number of carbonyl (C=O) groups is 5. The Morgan fingerprint density at radius 2 is 0.939 bits per heavy atom. The Morgan fingerprint density at radius 3 is 1.29 bits per heavy atom. The van der Waals surface area contributed by atoms with Crippen LogP contribution in [0.25, 0.3) is 34.0 Å². The molecule has 6 aromatic heterocycles. The molecule has 0 aromatic carbocycles. The summed E-state index contributed by atoms with van der Waals surface area (Å²) in [6, 6.07) is 11.3. The summed E-state index contributed by atoms with van der Waals surface area (Å²) in [5.74, 6) is -2.40. The van der Waals surface area contributed by atoms with Gasteiger partial charge in [0.25, 0.3) is 6.47 Å². The number of hydrogen-bond acceptors (Lipinski definition) is 15. The number of aromatic carboxylic acids is 4. The molecular formula is C47H48N6O13. The lowest BCUT2D eigenvalue weighted by atomic mass is 10.0. The van der Waals surface area contributed by atoms with Crippen molar-refractivity contribution < 1.29 is 62.4 Å². The zero-order chi connectivity index (χ0) is 47.6. The third-order valence-electron chi connectivity index (χ3n) is 11.4. The summed E-state index contributed by atoms with van der Waals surface area (Å²) >= 11 is 0. The molecule has 0 saturated carbocycles. The van der Waals surface area contributed by atoms with Crippen molar-refractivity contribution in [1.29, 1.82) is 0 Å². The van der Waals surface area contributed by atoms with Crippen LogP contribution in [0.15, 0.2) is 55.7 Å². The van der Waals surface area contributed by atoms with E-state index < -0.39 is 23.9 Å². The first-order valence-electron chi connectivity index (χ1n) is 20.9. The molecule has 0 aliphatic carbocycles. The predicted octanol–water partition coefficient (Wildman–Crippen LogP) is 6.65. The molecule has 0 atom stereocenters. The Labute approximate surface area is 377 Å². The average molecular weight is 905 g/mol. The summed E-state index contributed by atoms with van der Waals surface area (Å²) in [7, 11) is 0. The zero-order valence-corrected chi connectivity index (χ0v) is 37.1. The van der Waals surface area contributed by atoms with Gasteiger partial charge in [0.1, 0.15) is 57.2 Å². The van der Waals surface area contributed by atoms with Gasteiger partial charge in [0.15, 0.2) is 5.75 Å². The Balaban J connectivity index is 1.24. The summed E-state index contributed by atoms with van der Waals surface area (Å²) in [6.45, 7) is 13.8. The average Bonchev–Trinajstić information content (AvgIpc) is 3.89. The molecule has 6 aromatic rings. The van der Waals surface area contributed by atoms with E-state index in [4.69, 9.17) is 18.0 Å². The highest BCUT2D eigenvalue weighted by atomic mass is 16.5. The number of carbonyl (C=O) groups excluding carboxylic acids is 1. The van der Waals surface area contributed by atoms with Crippen molar-refractivity contribution >= 4 is 30.3 Å². The minimum atomic E-state index is -1.28. The van der Waals surface area contributed by atoms with Gasteiger partial charge in [-0.1, -0.05) is 0 Å². The second-order valence-corrected chi connectivity index (χ2v) is 16.3. The summed E-state index contributed by atoms with van der Waals surface area (Å²) in [6.07, 6.45) is 0. The monoisotopic (exact) mass is 904 g/mol. The highest BCUT2D eigenvalue weighted by molar-refractivity contribution is 5.93. The third kappa shape index (κ3) is 10.2. The van der Waals surface area contributed by atoms with Crippen LogP contribution in [0.4, 0.5) is 0 Å². The van der Waals surface area contributed by atoms with Gasteiger partial charge in [-0.05, 0) is 89.6 Å². The van der Waals surface area contributed by atoms with Crippen LogP contribution in [0, 0.1) is 41.5 Å². The lowest BCUT2D eigenvalue weighted by Gasteiger charge is -2.25. The second kappa shape index (κ2) is 19.3. The fraction of sp³-hybridized carbons (Fsp3) is 0.319. The van der Waals surface area contributed by atoms with Gasteiger partial charge in [0, 0.05) is 86.7 Å². The first-order valence-corrected chi connectivity index (χ1v) is 20.9. The second-order valence-electron chi connectivity index (χ2n) is 16.3. The van der Waals surface area contributed by atoms with Crippen LogP contribution >= 0.6 is 0 Å². The number of carboxylic acid groups (broad SMARTS) is 4. The third-order valence-corrected chi connectivity index (χ3v) is 11.4. The van der Waals surface area contributed by atoms with Crippen molar-refractivity contribution in [3.05, 3.63) is 116 Å². The van der Waals surface area contributed by atoms with E-state index in [1.807, 2.05) is 26.0 Å². The number of aryl methyl sites for hydroxylation is 4. The van der Waals surface area contributed by atoms with Crippen molar-refractivity contribution in [2.45, 2.75) is 61.2 Å². The summed E-state index contributed by atoms with van der Waals surface area (Å²) in [5, 5.41) is 40.1. The van der Waals surface area contributed by atoms with E-state index >= 15 is 0 Å². The maximum atomic E-state index is 12.4. The van der Waals surface area contributed by atoms with Gasteiger partial charge < -0.3 is 38.4 Å². The minimum Gasteiger partial charge on any atom is -0.478 e. The number of rotatable bonds is 15. The van der Waals surface area contributed by atoms with Crippen LogP contribution in [0.1, 0.15) is 92.9 Å². The lowest BCUT2D eigenvalue weighted by Crippen LogP contribution is -2.36. The molecule has 344 valence electrons. The maximum Gasteiger partial charge on any atom is 0.354 e. The van der Waals surface area contributed by atoms with Gasteiger partial charge in [-0.3, -0.25) is 19.5 Å². The standard InChI is InChI=1S/C47H48N6O13/c1-24-13-25(2)64-40(24)30-14-33(48-36(17-30)44(55)56)20-51-7-9-52(21-34-15-31(18-37(49-34)45(57)58)42-26(3)39(47(61)62)28(5)65-42)11-12-53(10-8-51)22-35-16-32(19-38(50-35)46(59)60)43-27(4)41(63-23-54)29(6)66-43/h13-19,23H,7-12,20-22H2,1-6H3,(H,55,56)(H,57,58)(H,59,60)(H,61,62). The molecule has 1 aliphatic rings. The van der Waals surface area contributed by atoms with Gasteiger partial charge in [0.2, 0.25) is 0 Å². The van der Waals surface area contributed by atoms with E-state index in [-0.39, 0.29) is 59.5 Å². The molecule has 0 spiro atoms. The Bertz CT molecular complexity index is 2880. The summed E-state index contributed by atoms with van der Waals surface area (Å²) in [4.78, 5) is 80.1. The molecule has 19 nitrogen and oxygen atoms in total. The number of hydrogen-bond donors (Lipinski definition) is 4. The first-order chi connectivity index (χ1) is 31.4. The van der Waals surface area contributed by atoms with Gasteiger partial charge in [-0.2, -0.15) is 0 Å². The number of furan rings is 3. The Morgan fingerprint density at radius 1 is 0.545 bits per heavy atom. The van der Waals surface area contributed by atoms with Crippen molar-refractivity contribution in [1.82, 2.24) is 29.7 Å². The molecule has 4 N–H and O–H groups in total. The maximum absolute atomic E-state index is 12.4. The molecule has 7 heterocycles. The van der Waals surface area contributed by atoms with Gasteiger partial charge in [0.05, 0.1) is 17.1 Å². The van der Waals surface area contributed by atoms with Crippen LogP contribution in [0.3, 0.4) is 0 Å². The van der Waals surface area contributed by atoms with E-state index in [2.05, 4.69) is 29.7 Å². The number of carboxylic acids is 4. The van der Waals surface area contributed by atoms with Gasteiger partial charge >= 0.3 is 23.9 Å². The molecule has 0 unspecified atom stereocenters. The smallest absolute Gasteiger partial charge is 0.354 e. The van der Waals surface area contributed by atoms with Crippen LogP contribution < -0.4 is 4.74 Å². The van der Waals surface area contributed by atoms with E-state index in [0.29, 0.717) is 114 Å². The van der Waals surface area contributed by atoms with Crippen LogP contribution in [0.2, 0.25) is 0 Å². The van der Waals surface area contributed by atoms with Crippen LogP contribution in [-0.2, 0) is 24.4 Å². The van der Waals surface area contributed by atoms with E-state index in [1.165, 1.54) is 25.1 Å². The fourth-order valence-corrected chi connectivity index (χ4v) is 8.38. The number of ether oxygens (including phenoxy) is 1. The summed E-state index contributed by atoms with van der Waals surface area (Å²) < 4.78 is 22.9. The fourth-order valence-electron chi connectivity index (χ4n) is 8.38. The Hall–Kier alpha value is -7.48. The van der Waals surface area contributed by atoms with Crippen molar-refractivity contribution in [2.75, 3.05) is 39.3 Å².